The van der Waals surface area contributed by atoms with Crippen LogP contribution in [0.1, 0.15) is 19.8 Å². The molecule has 1 aromatic rings. The van der Waals surface area contributed by atoms with E-state index in [-0.39, 0.29) is 5.91 Å². The van der Waals surface area contributed by atoms with Gasteiger partial charge >= 0.3 is 0 Å². The van der Waals surface area contributed by atoms with Crippen molar-refractivity contribution in [2.75, 3.05) is 26.2 Å². The number of nitrogens with zero attached hydrogens (tertiary/aromatic N) is 3. The van der Waals surface area contributed by atoms with Crippen molar-refractivity contribution in [2.24, 2.45) is 5.92 Å². The third-order valence-corrected chi connectivity index (χ3v) is 3.48. The Morgan fingerprint density at radius 3 is 2.83 bits per heavy atom. The first-order valence-electron chi connectivity index (χ1n) is 6.72. The number of piperidine rings is 1. The fraction of sp³-hybridized carbons (Fsp3) is 0.692. The maximum Gasteiger partial charge on any atom is 0.234 e. The topological polar surface area (TPSA) is 50.2 Å². The van der Waals surface area contributed by atoms with Gasteiger partial charge in [0.25, 0.3) is 0 Å². The second kappa shape index (κ2) is 6.54. The SMILES string of the molecule is CCNC(=O)CN1CCC(Cn2ccnc2)CC1. The summed E-state index contributed by atoms with van der Waals surface area (Å²) in [5.41, 5.74) is 0. The fourth-order valence-corrected chi connectivity index (χ4v) is 2.48. The van der Waals surface area contributed by atoms with E-state index in [9.17, 15) is 4.79 Å². The van der Waals surface area contributed by atoms with E-state index in [4.69, 9.17) is 0 Å². The highest BCUT2D eigenvalue weighted by Gasteiger charge is 2.20. The zero-order valence-electron chi connectivity index (χ0n) is 11.0. The molecular formula is C13H22N4O. The molecule has 5 heteroatoms. The smallest absolute Gasteiger partial charge is 0.234 e. The van der Waals surface area contributed by atoms with Crippen LogP contribution in [0.2, 0.25) is 0 Å². The van der Waals surface area contributed by atoms with E-state index in [1.807, 2.05) is 25.6 Å². The van der Waals surface area contributed by atoms with Crippen LogP contribution < -0.4 is 5.32 Å². The van der Waals surface area contributed by atoms with Crippen LogP contribution in [0.3, 0.4) is 0 Å². The number of imidazole rings is 1. The molecule has 0 aliphatic carbocycles. The van der Waals surface area contributed by atoms with Gasteiger partial charge < -0.3 is 9.88 Å². The monoisotopic (exact) mass is 250 g/mol. The summed E-state index contributed by atoms with van der Waals surface area (Å²) >= 11 is 0. The van der Waals surface area contributed by atoms with Gasteiger partial charge in [-0.3, -0.25) is 9.69 Å². The van der Waals surface area contributed by atoms with Crippen molar-refractivity contribution in [3.05, 3.63) is 18.7 Å². The summed E-state index contributed by atoms with van der Waals surface area (Å²) in [6.45, 7) is 6.32. The molecule has 18 heavy (non-hydrogen) atoms. The summed E-state index contributed by atoms with van der Waals surface area (Å²) in [7, 11) is 0. The lowest BCUT2D eigenvalue weighted by Gasteiger charge is -2.31. The maximum absolute atomic E-state index is 11.5. The van der Waals surface area contributed by atoms with Crippen molar-refractivity contribution in [3.8, 4) is 0 Å². The summed E-state index contributed by atoms with van der Waals surface area (Å²) in [4.78, 5) is 17.8. The fourth-order valence-electron chi connectivity index (χ4n) is 2.48. The van der Waals surface area contributed by atoms with Gasteiger partial charge in [0.15, 0.2) is 0 Å². The van der Waals surface area contributed by atoms with Crippen molar-refractivity contribution in [1.29, 1.82) is 0 Å². The molecular weight excluding hydrogens is 228 g/mol. The first kappa shape index (κ1) is 13.1. The van der Waals surface area contributed by atoms with Crippen LogP contribution in [0.15, 0.2) is 18.7 Å². The van der Waals surface area contributed by atoms with Gasteiger partial charge in [-0.05, 0) is 38.8 Å². The summed E-state index contributed by atoms with van der Waals surface area (Å²) in [5, 5.41) is 2.85. The average molecular weight is 250 g/mol. The largest absolute Gasteiger partial charge is 0.355 e. The third-order valence-electron chi connectivity index (χ3n) is 3.48. The molecule has 0 saturated carbocycles. The molecule has 1 aliphatic rings. The number of amides is 1. The molecule has 100 valence electrons. The molecule has 1 amide bonds. The Balaban J connectivity index is 1.69. The number of likely N-dealkylation sites (N-methyl/N-ethyl adjacent to an activating group) is 1. The Labute approximate surface area is 108 Å². The van der Waals surface area contributed by atoms with E-state index < -0.39 is 0 Å². The zero-order valence-corrected chi connectivity index (χ0v) is 11.0. The van der Waals surface area contributed by atoms with Gasteiger partial charge in [0.05, 0.1) is 12.9 Å². The van der Waals surface area contributed by atoms with Gasteiger partial charge in [-0.2, -0.15) is 0 Å². The number of hydrogen-bond donors (Lipinski definition) is 1. The van der Waals surface area contributed by atoms with Crippen LogP contribution in [0.25, 0.3) is 0 Å². The lowest BCUT2D eigenvalue weighted by atomic mass is 9.97. The van der Waals surface area contributed by atoms with Crippen LogP contribution in [-0.2, 0) is 11.3 Å². The Morgan fingerprint density at radius 1 is 1.44 bits per heavy atom. The molecule has 0 aromatic carbocycles. The normalized spacial score (nSPS) is 17.8. The number of hydrogen-bond acceptors (Lipinski definition) is 3. The highest BCUT2D eigenvalue weighted by molar-refractivity contribution is 5.77. The van der Waals surface area contributed by atoms with Crippen LogP contribution in [0.4, 0.5) is 0 Å². The van der Waals surface area contributed by atoms with Gasteiger partial charge in [-0.25, -0.2) is 4.98 Å². The predicted molar refractivity (Wildman–Crippen MR) is 70.1 cm³/mol. The maximum atomic E-state index is 11.5. The molecule has 0 unspecified atom stereocenters. The number of aromatic nitrogens is 2. The molecule has 2 rings (SSSR count). The Bertz CT molecular complexity index is 355. The molecule has 1 aliphatic heterocycles. The lowest BCUT2D eigenvalue weighted by Crippen LogP contribution is -2.41. The molecule has 1 fully saturated rings. The minimum atomic E-state index is 0.144. The van der Waals surface area contributed by atoms with Crippen LogP contribution >= 0.6 is 0 Å². The molecule has 1 N–H and O–H groups in total. The van der Waals surface area contributed by atoms with Gasteiger partial charge in [-0.15, -0.1) is 0 Å². The average Bonchev–Trinajstić information content (AvgIpc) is 2.85. The standard InChI is InChI=1S/C13H22N4O/c1-2-15-13(18)10-16-6-3-12(4-7-16)9-17-8-5-14-11-17/h5,8,11-12H,2-4,6-7,9-10H2,1H3,(H,15,18). The van der Waals surface area contributed by atoms with Crippen molar-refractivity contribution in [3.63, 3.8) is 0 Å². The van der Waals surface area contributed by atoms with Crippen molar-refractivity contribution in [1.82, 2.24) is 19.8 Å². The molecule has 0 atom stereocenters. The van der Waals surface area contributed by atoms with Crippen LogP contribution in [0, 0.1) is 5.92 Å². The zero-order chi connectivity index (χ0) is 12.8. The van der Waals surface area contributed by atoms with Gasteiger partial charge in [0.2, 0.25) is 5.91 Å². The summed E-state index contributed by atoms with van der Waals surface area (Å²) < 4.78 is 2.14. The second-order valence-electron chi connectivity index (χ2n) is 4.93. The number of carbonyl (C=O) groups is 1. The van der Waals surface area contributed by atoms with Crippen LogP contribution in [-0.4, -0.2) is 46.5 Å². The summed E-state index contributed by atoms with van der Waals surface area (Å²) in [6.07, 6.45) is 8.04. The minimum absolute atomic E-state index is 0.144. The number of nitrogens with one attached hydrogen (secondary N) is 1. The second-order valence-corrected chi connectivity index (χ2v) is 4.93. The molecule has 1 aromatic heterocycles. The highest BCUT2D eigenvalue weighted by atomic mass is 16.2. The van der Waals surface area contributed by atoms with E-state index in [1.54, 1.807) is 0 Å². The van der Waals surface area contributed by atoms with E-state index in [2.05, 4.69) is 19.8 Å². The quantitative estimate of drug-likeness (QED) is 0.838. The van der Waals surface area contributed by atoms with Crippen LogP contribution in [0.5, 0.6) is 0 Å². The molecule has 1 saturated heterocycles. The molecule has 0 radical (unpaired) electrons. The summed E-state index contributed by atoms with van der Waals surface area (Å²) in [6, 6.07) is 0. The van der Waals surface area contributed by atoms with E-state index >= 15 is 0 Å². The third kappa shape index (κ3) is 3.84. The Morgan fingerprint density at radius 2 is 2.22 bits per heavy atom. The summed E-state index contributed by atoms with van der Waals surface area (Å²) in [5.74, 6) is 0.857. The van der Waals surface area contributed by atoms with Crippen molar-refractivity contribution in [2.45, 2.75) is 26.3 Å². The first-order valence-corrected chi connectivity index (χ1v) is 6.72. The molecule has 0 bridgehead atoms. The van der Waals surface area contributed by atoms with Crippen molar-refractivity contribution >= 4 is 5.91 Å². The Kier molecular flexibility index (Phi) is 4.75. The van der Waals surface area contributed by atoms with Gasteiger partial charge in [0, 0.05) is 25.5 Å². The number of likely N-dealkylation sites (tertiary alicyclic amines) is 1. The first-order chi connectivity index (χ1) is 8.78. The lowest BCUT2D eigenvalue weighted by molar-refractivity contribution is -0.122. The van der Waals surface area contributed by atoms with E-state index in [0.717, 1.165) is 39.0 Å². The molecule has 2 heterocycles. The van der Waals surface area contributed by atoms with E-state index in [1.165, 1.54) is 0 Å². The van der Waals surface area contributed by atoms with Gasteiger partial charge in [0.1, 0.15) is 0 Å². The van der Waals surface area contributed by atoms with E-state index in [0.29, 0.717) is 12.5 Å². The molecule has 5 nitrogen and oxygen atoms in total. The highest BCUT2D eigenvalue weighted by Crippen LogP contribution is 2.18. The number of rotatable bonds is 5. The van der Waals surface area contributed by atoms with Gasteiger partial charge in [-0.1, -0.05) is 0 Å². The number of carbonyl (C=O) groups excluding carboxylic acids is 1. The molecule has 0 spiro atoms. The predicted octanol–water partition coefficient (Wildman–Crippen LogP) is 0.731. The van der Waals surface area contributed by atoms with Crippen molar-refractivity contribution < 1.29 is 4.79 Å². The Hall–Kier alpha value is -1.36. The minimum Gasteiger partial charge on any atom is -0.355 e.